The predicted molar refractivity (Wildman–Crippen MR) is 101 cm³/mol. The van der Waals surface area contributed by atoms with Gasteiger partial charge in [-0.15, -0.1) is 24.8 Å². The lowest BCUT2D eigenvalue weighted by Crippen LogP contribution is -2.48. The van der Waals surface area contributed by atoms with Gasteiger partial charge < -0.3 is 10.6 Å². The summed E-state index contributed by atoms with van der Waals surface area (Å²) in [5, 5.41) is 6.21. The molecular weight excluding hydrogens is 333 g/mol. The summed E-state index contributed by atoms with van der Waals surface area (Å²) in [5.41, 5.74) is 2.00. The average Bonchev–Trinajstić information content (AvgIpc) is 2.43. The molecule has 1 heterocycles. The number of rotatable bonds is 7. The summed E-state index contributed by atoms with van der Waals surface area (Å²) in [6.45, 7) is 11.4. The van der Waals surface area contributed by atoms with Crippen LogP contribution in [0.5, 0.6) is 0 Å². The van der Waals surface area contributed by atoms with Crippen LogP contribution in [-0.2, 0) is 6.54 Å². The molecule has 4 nitrogen and oxygen atoms in total. The van der Waals surface area contributed by atoms with Gasteiger partial charge in [-0.3, -0.25) is 9.69 Å². The van der Waals surface area contributed by atoms with Crippen molar-refractivity contribution in [3.63, 3.8) is 0 Å². The van der Waals surface area contributed by atoms with Crippen LogP contribution in [0.15, 0.2) is 24.3 Å². The molecule has 0 unspecified atom stereocenters. The Bertz CT molecular complexity index is 461. The molecule has 0 aliphatic carbocycles. The van der Waals surface area contributed by atoms with Crippen molar-refractivity contribution in [1.82, 2.24) is 15.5 Å². The van der Waals surface area contributed by atoms with Crippen molar-refractivity contribution in [3.05, 3.63) is 35.4 Å². The van der Waals surface area contributed by atoms with Gasteiger partial charge in [0.15, 0.2) is 0 Å². The van der Waals surface area contributed by atoms with Gasteiger partial charge in [0.1, 0.15) is 0 Å². The minimum absolute atomic E-state index is 0. The molecule has 1 amide bonds. The van der Waals surface area contributed by atoms with Crippen molar-refractivity contribution in [3.8, 4) is 0 Å². The van der Waals surface area contributed by atoms with E-state index >= 15 is 0 Å². The van der Waals surface area contributed by atoms with Crippen LogP contribution in [0.4, 0.5) is 0 Å². The first-order valence-electron chi connectivity index (χ1n) is 7.92. The fraction of sp³-hybridized carbons (Fsp3) is 0.588. The monoisotopic (exact) mass is 361 g/mol. The van der Waals surface area contributed by atoms with Crippen LogP contribution < -0.4 is 10.6 Å². The van der Waals surface area contributed by atoms with Gasteiger partial charge in [-0.05, 0) is 38.1 Å². The van der Waals surface area contributed by atoms with E-state index in [-0.39, 0.29) is 30.7 Å². The third kappa shape index (κ3) is 6.68. The van der Waals surface area contributed by atoms with E-state index in [2.05, 4.69) is 48.4 Å². The van der Waals surface area contributed by atoms with Crippen LogP contribution in [0.25, 0.3) is 0 Å². The third-order valence-corrected chi connectivity index (χ3v) is 4.16. The maximum atomic E-state index is 12.0. The summed E-state index contributed by atoms with van der Waals surface area (Å²) in [5.74, 6) is 0.627. The fourth-order valence-corrected chi connectivity index (χ4v) is 2.49. The lowest BCUT2D eigenvalue weighted by atomic mass is 10.0. The van der Waals surface area contributed by atoms with Gasteiger partial charge >= 0.3 is 0 Å². The van der Waals surface area contributed by atoms with Crippen molar-refractivity contribution in [2.75, 3.05) is 26.2 Å². The zero-order valence-corrected chi connectivity index (χ0v) is 15.8. The van der Waals surface area contributed by atoms with E-state index in [0.29, 0.717) is 12.0 Å². The van der Waals surface area contributed by atoms with Crippen molar-refractivity contribution in [2.45, 2.75) is 33.4 Å². The summed E-state index contributed by atoms with van der Waals surface area (Å²) < 4.78 is 0. The maximum Gasteiger partial charge on any atom is 0.251 e. The van der Waals surface area contributed by atoms with E-state index in [0.717, 1.165) is 38.3 Å². The van der Waals surface area contributed by atoms with E-state index in [4.69, 9.17) is 0 Å². The molecule has 2 N–H and O–H groups in total. The summed E-state index contributed by atoms with van der Waals surface area (Å²) in [4.78, 5) is 14.4. The first-order chi connectivity index (χ1) is 10.1. The van der Waals surface area contributed by atoms with Crippen molar-refractivity contribution >= 4 is 30.7 Å². The summed E-state index contributed by atoms with van der Waals surface area (Å²) in [7, 11) is 0. The highest BCUT2D eigenvalue weighted by Crippen LogP contribution is 2.10. The van der Waals surface area contributed by atoms with Crippen molar-refractivity contribution in [1.29, 1.82) is 0 Å². The molecule has 1 aromatic carbocycles. The first-order valence-corrected chi connectivity index (χ1v) is 7.92. The quantitative estimate of drug-likeness (QED) is 0.784. The highest BCUT2D eigenvalue weighted by atomic mass is 35.5. The maximum absolute atomic E-state index is 12.0. The smallest absolute Gasteiger partial charge is 0.251 e. The predicted octanol–water partition coefficient (Wildman–Crippen LogP) is 2.71. The molecule has 0 saturated carbocycles. The molecule has 0 aromatic heterocycles. The lowest BCUT2D eigenvalue weighted by Gasteiger charge is -2.27. The number of amides is 1. The minimum Gasteiger partial charge on any atom is -0.352 e. The Morgan fingerprint density at radius 3 is 2.30 bits per heavy atom. The molecule has 0 spiro atoms. The molecule has 1 aliphatic rings. The topological polar surface area (TPSA) is 44.4 Å². The second kappa shape index (κ2) is 10.9. The average molecular weight is 362 g/mol. The molecule has 1 fully saturated rings. The molecule has 23 heavy (non-hydrogen) atoms. The Kier molecular flexibility index (Phi) is 10.5. The van der Waals surface area contributed by atoms with Crippen LogP contribution >= 0.6 is 24.8 Å². The number of benzene rings is 1. The Hall–Kier alpha value is -0.810. The molecule has 6 heteroatoms. The zero-order chi connectivity index (χ0) is 15.2. The second-order valence-electron chi connectivity index (χ2n) is 6.09. The Morgan fingerprint density at radius 1 is 1.26 bits per heavy atom. The van der Waals surface area contributed by atoms with Crippen LogP contribution in [0.2, 0.25) is 0 Å². The van der Waals surface area contributed by atoms with Gasteiger partial charge in [0.2, 0.25) is 0 Å². The number of nitrogens with one attached hydrogen (secondary N) is 2. The molecular formula is C17H29Cl2N3O. The number of carbonyl (C=O) groups excluding carboxylic acids is 1. The number of nitrogens with zero attached hydrogens (tertiary/aromatic N) is 1. The summed E-state index contributed by atoms with van der Waals surface area (Å²) in [6.07, 6.45) is 0. The van der Waals surface area contributed by atoms with E-state index in [1.54, 1.807) is 0 Å². The number of hydrogen-bond acceptors (Lipinski definition) is 3. The number of hydrogen-bond donors (Lipinski definition) is 2. The molecule has 2 rings (SSSR count). The fourth-order valence-electron chi connectivity index (χ4n) is 2.49. The Balaban J connectivity index is 0.00000242. The zero-order valence-electron chi connectivity index (χ0n) is 14.2. The van der Waals surface area contributed by atoms with Gasteiger partial charge in [0, 0.05) is 43.7 Å². The van der Waals surface area contributed by atoms with Crippen LogP contribution in [-0.4, -0.2) is 43.0 Å². The lowest BCUT2D eigenvalue weighted by molar-refractivity contribution is 0.0942. The number of carbonyl (C=O) groups is 1. The Morgan fingerprint density at radius 2 is 1.87 bits per heavy atom. The highest BCUT2D eigenvalue weighted by Gasteiger charge is 2.17. The largest absolute Gasteiger partial charge is 0.352 e. The molecule has 1 saturated heterocycles. The number of halogens is 2. The van der Waals surface area contributed by atoms with E-state index in [1.807, 2.05) is 12.1 Å². The second-order valence-corrected chi connectivity index (χ2v) is 6.09. The molecule has 0 bridgehead atoms. The van der Waals surface area contributed by atoms with Gasteiger partial charge in [0.05, 0.1) is 0 Å². The minimum atomic E-state index is 0. The standard InChI is InChI=1S/C17H27N3O.2ClH/c1-4-20(13(2)3)12-14-5-7-16(8-6-14)17(21)19-11-15-9-18-10-15;;/h5-8,13,15,18H,4,9-12H2,1-3H3,(H,19,21);2*1H. The molecule has 1 aliphatic heterocycles. The highest BCUT2D eigenvalue weighted by molar-refractivity contribution is 5.94. The van der Waals surface area contributed by atoms with Crippen molar-refractivity contribution < 1.29 is 4.79 Å². The Labute approximate surface area is 152 Å². The molecule has 0 atom stereocenters. The van der Waals surface area contributed by atoms with Crippen LogP contribution in [0, 0.1) is 5.92 Å². The van der Waals surface area contributed by atoms with Gasteiger partial charge in [0.25, 0.3) is 5.91 Å². The van der Waals surface area contributed by atoms with Crippen LogP contribution in [0.3, 0.4) is 0 Å². The molecule has 132 valence electrons. The van der Waals surface area contributed by atoms with Gasteiger partial charge in [-0.1, -0.05) is 19.1 Å². The molecule has 0 radical (unpaired) electrons. The first kappa shape index (κ1) is 22.2. The summed E-state index contributed by atoms with van der Waals surface area (Å²) in [6, 6.07) is 8.51. The summed E-state index contributed by atoms with van der Waals surface area (Å²) >= 11 is 0. The van der Waals surface area contributed by atoms with Crippen LogP contribution in [0.1, 0.15) is 36.7 Å². The third-order valence-electron chi connectivity index (χ3n) is 4.16. The van der Waals surface area contributed by atoms with E-state index in [9.17, 15) is 4.79 Å². The SMILES string of the molecule is CCN(Cc1ccc(C(=O)NCC2CNC2)cc1)C(C)C.Cl.Cl. The van der Waals surface area contributed by atoms with E-state index in [1.165, 1.54) is 5.56 Å². The molecule has 1 aromatic rings. The van der Waals surface area contributed by atoms with E-state index < -0.39 is 0 Å². The normalized spacial score (nSPS) is 14.0. The van der Waals surface area contributed by atoms with Gasteiger partial charge in [-0.25, -0.2) is 0 Å². The van der Waals surface area contributed by atoms with Crippen molar-refractivity contribution in [2.24, 2.45) is 5.92 Å². The van der Waals surface area contributed by atoms with Gasteiger partial charge in [-0.2, -0.15) is 0 Å².